The monoisotopic (exact) mass is 336 g/mol. The fourth-order valence-corrected chi connectivity index (χ4v) is 1.78. The molecule has 9 heteroatoms. The van der Waals surface area contributed by atoms with E-state index < -0.39 is 16.7 Å². The Bertz CT molecular complexity index is 645. The zero-order chi connectivity index (χ0) is 18.1. The van der Waals surface area contributed by atoms with Crippen molar-refractivity contribution in [2.24, 2.45) is 0 Å². The minimum Gasteiger partial charge on any atom is -0.355 e. The van der Waals surface area contributed by atoms with Crippen LogP contribution in [0.1, 0.15) is 29.3 Å². The van der Waals surface area contributed by atoms with Gasteiger partial charge in [0.05, 0.1) is 18.0 Å². The molecule has 3 N–H and O–H groups in total. The van der Waals surface area contributed by atoms with Crippen molar-refractivity contribution in [1.29, 1.82) is 0 Å². The topological polar surface area (TPSA) is 130 Å². The van der Waals surface area contributed by atoms with E-state index in [9.17, 15) is 24.5 Å². The van der Waals surface area contributed by atoms with Crippen molar-refractivity contribution in [3.8, 4) is 0 Å². The van der Waals surface area contributed by atoms with Crippen LogP contribution in [0.25, 0.3) is 0 Å². The molecule has 1 rings (SSSR count). The Morgan fingerprint density at radius 2 is 1.71 bits per heavy atom. The van der Waals surface area contributed by atoms with Gasteiger partial charge in [0.25, 0.3) is 11.6 Å². The van der Waals surface area contributed by atoms with Gasteiger partial charge in [-0.05, 0) is 19.4 Å². The molecular weight excluding hydrogens is 316 g/mol. The van der Waals surface area contributed by atoms with Gasteiger partial charge in [0.2, 0.25) is 11.8 Å². The predicted molar refractivity (Wildman–Crippen MR) is 86.5 cm³/mol. The van der Waals surface area contributed by atoms with E-state index in [0.717, 1.165) is 12.5 Å². The van der Waals surface area contributed by atoms with E-state index in [1.54, 1.807) is 6.92 Å². The van der Waals surface area contributed by atoms with E-state index in [1.807, 2.05) is 6.92 Å². The second-order valence-electron chi connectivity index (χ2n) is 5.07. The molecule has 0 saturated heterocycles. The van der Waals surface area contributed by atoms with E-state index in [1.165, 1.54) is 12.1 Å². The Labute approximate surface area is 139 Å². The number of amides is 3. The average molecular weight is 336 g/mol. The normalized spacial score (nSPS) is 9.92. The molecule has 0 aliphatic heterocycles. The molecule has 0 unspecified atom stereocenters. The van der Waals surface area contributed by atoms with Crippen molar-refractivity contribution in [2.75, 3.05) is 19.6 Å². The predicted octanol–water partition coefficient (Wildman–Crippen LogP) is 0.275. The van der Waals surface area contributed by atoms with E-state index in [-0.39, 0.29) is 30.2 Å². The summed E-state index contributed by atoms with van der Waals surface area (Å²) >= 11 is 0. The van der Waals surface area contributed by atoms with Crippen LogP contribution in [-0.2, 0) is 9.59 Å². The highest BCUT2D eigenvalue weighted by Crippen LogP contribution is 2.19. The first-order valence-corrected chi connectivity index (χ1v) is 7.41. The SMILES string of the molecule is CCCNC(=O)CNC(=O)CNC(=O)c1ccc(C)c([N+](=O)[O-])c1. The maximum Gasteiger partial charge on any atom is 0.273 e. The van der Waals surface area contributed by atoms with Crippen LogP contribution < -0.4 is 16.0 Å². The maximum atomic E-state index is 11.9. The number of nitro benzene ring substituents is 1. The van der Waals surface area contributed by atoms with Gasteiger partial charge in [-0.3, -0.25) is 24.5 Å². The van der Waals surface area contributed by atoms with Crippen molar-refractivity contribution < 1.29 is 19.3 Å². The van der Waals surface area contributed by atoms with Crippen LogP contribution in [0.3, 0.4) is 0 Å². The van der Waals surface area contributed by atoms with E-state index in [2.05, 4.69) is 16.0 Å². The first-order valence-electron chi connectivity index (χ1n) is 7.41. The molecule has 9 nitrogen and oxygen atoms in total. The van der Waals surface area contributed by atoms with Gasteiger partial charge >= 0.3 is 0 Å². The number of hydrogen-bond acceptors (Lipinski definition) is 5. The summed E-state index contributed by atoms with van der Waals surface area (Å²) in [4.78, 5) is 45.1. The van der Waals surface area contributed by atoms with Crippen molar-refractivity contribution in [2.45, 2.75) is 20.3 Å². The second-order valence-corrected chi connectivity index (χ2v) is 5.07. The lowest BCUT2D eigenvalue weighted by molar-refractivity contribution is -0.385. The molecule has 24 heavy (non-hydrogen) atoms. The fraction of sp³-hybridized carbons (Fsp3) is 0.400. The quantitative estimate of drug-likeness (QED) is 0.463. The smallest absolute Gasteiger partial charge is 0.273 e. The van der Waals surface area contributed by atoms with Crippen LogP contribution in [0.2, 0.25) is 0 Å². The van der Waals surface area contributed by atoms with Crippen molar-refractivity contribution in [3.63, 3.8) is 0 Å². The van der Waals surface area contributed by atoms with E-state index in [4.69, 9.17) is 0 Å². The van der Waals surface area contributed by atoms with Crippen LogP contribution in [-0.4, -0.2) is 42.3 Å². The first-order chi connectivity index (χ1) is 11.3. The summed E-state index contributed by atoms with van der Waals surface area (Å²) in [6.07, 6.45) is 0.790. The zero-order valence-electron chi connectivity index (χ0n) is 13.5. The zero-order valence-corrected chi connectivity index (χ0v) is 13.5. The molecule has 0 atom stereocenters. The molecular formula is C15H20N4O5. The molecule has 0 aromatic heterocycles. The first kappa shape index (κ1) is 19.1. The summed E-state index contributed by atoms with van der Waals surface area (Å²) in [5.74, 6) is -1.45. The number of benzene rings is 1. The van der Waals surface area contributed by atoms with Crippen LogP contribution in [0.4, 0.5) is 5.69 Å². The van der Waals surface area contributed by atoms with E-state index in [0.29, 0.717) is 12.1 Å². The van der Waals surface area contributed by atoms with Gasteiger partial charge in [-0.1, -0.05) is 13.0 Å². The van der Waals surface area contributed by atoms with Gasteiger partial charge in [0.15, 0.2) is 0 Å². The van der Waals surface area contributed by atoms with Gasteiger partial charge in [-0.2, -0.15) is 0 Å². The summed E-state index contributed by atoms with van der Waals surface area (Å²) in [5.41, 5.74) is 0.355. The number of nitrogens with one attached hydrogen (secondary N) is 3. The standard InChI is InChI=1S/C15H20N4O5/c1-3-6-16-13(20)8-17-14(21)9-18-15(22)11-5-4-10(2)12(7-11)19(23)24/h4-5,7H,3,6,8-9H2,1-2H3,(H,16,20)(H,17,21)(H,18,22). The van der Waals surface area contributed by atoms with E-state index >= 15 is 0 Å². The third-order valence-corrected chi connectivity index (χ3v) is 3.10. The van der Waals surface area contributed by atoms with Crippen molar-refractivity contribution in [3.05, 3.63) is 39.4 Å². The number of aryl methyl sites for hydroxylation is 1. The maximum absolute atomic E-state index is 11.9. The summed E-state index contributed by atoms with van der Waals surface area (Å²) < 4.78 is 0. The number of nitro groups is 1. The molecule has 130 valence electrons. The highest BCUT2D eigenvalue weighted by Gasteiger charge is 2.15. The van der Waals surface area contributed by atoms with Crippen LogP contribution >= 0.6 is 0 Å². The number of rotatable bonds is 8. The Morgan fingerprint density at radius 3 is 2.33 bits per heavy atom. The number of carbonyl (C=O) groups excluding carboxylic acids is 3. The third kappa shape index (κ3) is 6.03. The lowest BCUT2D eigenvalue weighted by atomic mass is 10.1. The highest BCUT2D eigenvalue weighted by atomic mass is 16.6. The molecule has 0 bridgehead atoms. The van der Waals surface area contributed by atoms with Gasteiger partial charge in [0, 0.05) is 23.7 Å². The third-order valence-electron chi connectivity index (χ3n) is 3.10. The Hall–Kier alpha value is -2.97. The molecule has 1 aromatic carbocycles. The van der Waals surface area contributed by atoms with Crippen LogP contribution in [0.5, 0.6) is 0 Å². The summed E-state index contributed by atoms with van der Waals surface area (Å²) in [5, 5.41) is 18.2. The molecule has 0 aliphatic rings. The van der Waals surface area contributed by atoms with Gasteiger partial charge < -0.3 is 16.0 Å². The van der Waals surface area contributed by atoms with Gasteiger partial charge in [-0.15, -0.1) is 0 Å². The molecule has 0 heterocycles. The fourth-order valence-electron chi connectivity index (χ4n) is 1.78. The molecule has 0 radical (unpaired) electrons. The van der Waals surface area contributed by atoms with Gasteiger partial charge in [-0.25, -0.2) is 0 Å². The Kier molecular flexibility index (Phi) is 7.34. The lowest BCUT2D eigenvalue weighted by Crippen LogP contribution is -2.42. The molecule has 0 saturated carbocycles. The summed E-state index contributed by atoms with van der Waals surface area (Å²) in [7, 11) is 0. The number of nitrogens with zero attached hydrogens (tertiary/aromatic N) is 1. The number of hydrogen-bond donors (Lipinski definition) is 3. The number of carbonyl (C=O) groups is 3. The molecule has 0 spiro atoms. The molecule has 0 fully saturated rings. The Morgan fingerprint density at radius 1 is 1.08 bits per heavy atom. The largest absolute Gasteiger partial charge is 0.355 e. The summed E-state index contributed by atoms with van der Waals surface area (Å²) in [6, 6.07) is 4.06. The minimum absolute atomic E-state index is 0.0841. The molecule has 3 amide bonds. The van der Waals surface area contributed by atoms with Crippen molar-refractivity contribution in [1.82, 2.24) is 16.0 Å². The lowest BCUT2D eigenvalue weighted by Gasteiger charge is -2.08. The molecule has 0 aliphatic carbocycles. The molecule has 1 aromatic rings. The van der Waals surface area contributed by atoms with Gasteiger partial charge in [0.1, 0.15) is 0 Å². The highest BCUT2D eigenvalue weighted by molar-refractivity contribution is 5.97. The van der Waals surface area contributed by atoms with Crippen molar-refractivity contribution >= 4 is 23.4 Å². The Balaban J connectivity index is 2.48. The van der Waals surface area contributed by atoms with Crippen LogP contribution in [0, 0.1) is 17.0 Å². The second kappa shape index (κ2) is 9.23. The minimum atomic E-state index is -0.608. The average Bonchev–Trinajstić information content (AvgIpc) is 2.55. The summed E-state index contributed by atoms with van der Waals surface area (Å²) in [6.45, 7) is 3.49. The van der Waals surface area contributed by atoms with Crippen LogP contribution in [0.15, 0.2) is 18.2 Å².